The fraction of sp³-hybridized carbons (Fsp3) is 0.577. The summed E-state index contributed by atoms with van der Waals surface area (Å²) in [5, 5.41) is 2.17. The first-order valence-electron chi connectivity index (χ1n) is 12.5. The normalized spacial score (nSPS) is 17.4. The number of carbonyl (C=O) groups is 5. The molecule has 3 rings (SSSR count). The first-order valence-corrected chi connectivity index (χ1v) is 12.5. The lowest BCUT2D eigenvalue weighted by atomic mass is 10.0. The summed E-state index contributed by atoms with van der Waals surface area (Å²) < 4.78 is 27.1. The van der Waals surface area contributed by atoms with Crippen molar-refractivity contribution in [2.45, 2.75) is 51.7 Å². The molecule has 1 N–H and O–H groups in total. The highest BCUT2D eigenvalue weighted by atomic mass is 16.6. The molecule has 2 aliphatic heterocycles. The van der Waals surface area contributed by atoms with Gasteiger partial charge in [-0.3, -0.25) is 34.2 Å². The van der Waals surface area contributed by atoms with Crippen LogP contribution in [0.25, 0.3) is 0 Å². The van der Waals surface area contributed by atoms with Crippen molar-refractivity contribution < 1.29 is 47.7 Å². The molecule has 1 fully saturated rings. The number of rotatable bonds is 14. The summed E-state index contributed by atoms with van der Waals surface area (Å²) in [4.78, 5) is 62.0. The number of benzene rings is 1. The molecule has 12 nitrogen and oxygen atoms in total. The van der Waals surface area contributed by atoms with Crippen molar-refractivity contribution >= 4 is 29.6 Å². The molecule has 0 aliphatic carbocycles. The van der Waals surface area contributed by atoms with E-state index in [1.807, 2.05) is 20.8 Å². The van der Waals surface area contributed by atoms with Gasteiger partial charge in [0.1, 0.15) is 24.0 Å². The molecule has 4 amide bonds. The Kier molecular flexibility index (Phi) is 10.3. The summed E-state index contributed by atoms with van der Waals surface area (Å²) >= 11 is 0. The van der Waals surface area contributed by atoms with Crippen LogP contribution in [0.3, 0.4) is 0 Å². The zero-order valence-corrected chi connectivity index (χ0v) is 21.9. The second kappa shape index (κ2) is 13.4. The Balaban J connectivity index is 1.31. The monoisotopic (exact) mass is 534 g/mol. The topological polar surface area (TPSA) is 147 Å². The van der Waals surface area contributed by atoms with Gasteiger partial charge in [0.05, 0.1) is 57.2 Å². The molecule has 1 atom stereocenters. The van der Waals surface area contributed by atoms with Crippen LogP contribution in [0.5, 0.6) is 5.75 Å². The van der Waals surface area contributed by atoms with E-state index in [0.29, 0.717) is 26.4 Å². The van der Waals surface area contributed by atoms with Crippen LogP contribution in [0, 0.1) is 0 Å². The SMILES string of the molecule is CC(C)(C)OC(=O)CCOCCOCCOCCOc1cccc2c1C(=O)N(C1CCC(=O)NC1=O)C2=O. The summed E-state index contributed by atoms with van der Waals surface area (Å²) in [7, 11) is 0. The number of hydrogen-bond acceptors (Lipinski definition) is 10. The fourth-order valence-electron chi connectivity index (χ4n) is 3.90. The van der Waals surface area contributed by atoms with Crippen molar-refractivity contribution in [1.29, 1.82) is 0 Å². The minimum atomic E-state index is -1.04. The van der Waals surface area contributed by atoms with Gasteiger partial charge in [-0.15, -0.1) is 0 Å². The Morgan fingerprint density at radius 2 is 1.55 bits per heavy atom. The maximum absolute atomic E-state index is 13.0. The van der Waals surface area contributed by atoms with Crippen LogP contribution < -0.4 is 10.1 Å². The Bertz CT molecular complexity index is 1050. The van der Waals surface area contributed by atoms with E-state index in [2.05, 4.69) is 5.32 Å². The van der Waals surface area contributed by atoms with Gasteiger partial charge in [0.25, 0.3) is 11.8 Å². The summed E-state index contributed by atoms with van der Waals surface area (Å²) in [6, 6.07) is 3.64. The predicted molar refractivity (Wildman–Crippen MR) is 132 cm³/mol. The Labute approximate surface area is 220 Å². The van der Waals surface area contributed by atoms with Gasteiger partial charge in [-0.25, -0.2) is 0 Å². The molecule has 0 spiro atoms. The number of hydrogen-bond donors (Lipinski definition) is 1. The number of amides is 4. The molecular weight excluding hydrogens is 500 g/mol. The van der Waals surface area contributed by atoms with Crippen molar-refractivity contribution in [2.75, 3.05) is 46.2 Å². The second-order valence-electron chi connectivity index (χ2n) is 9.65. The standard InChI is InChI=1S/C26H34N2O10/c1-26(2,3)38-21(30)9-10-34-11-12-35-13-14-36-15-16-37-19-6-4-5-17-22(19)25(33)28(24(17)32)18-7-8-20(29)27-23(18)31/h4-6,18H,7-16H2,1-3H3,(H,27,29,31). The van der Waals surface area contributed by atoms with Crippen LogP contribution in [0.15, 0.2) is 18.2 Å². The van der Waals surface area contributed by atoms with Crippen LogP contribution >= 0.6 is 0 Å². The summed E-state index contributed by atoms with van der Waals surface area (Å²) in [6.07, 6.45) is 0.315. The van der Waals surface area contributed by atoms with Gasteiger partial charge in [-0.05, 0) is 39.3 Å². The first-order chi connectivity index (χ1) is 18.1. The number of carbonyl (C=O) groups excluding carboxylic acids is 5. The minimum Gasteiger partial charge on any atom is -0.490 e. The minimum absolute atomic E-state index is 0.0509. The molecule has 38 heavy (non-hydrogen) atoms. The quantitative estimate of drug-likeness (QED) is 0.210. The van der Waals surface area contributed by atoms with Crippen LogP contribution in [0.4, 0.5) is 0 Å². The number of nitrogens with zero attached hydrogens (tertiary/aromatic N) is 1. The van der Waals surface area contributed by atoms with Crippen molar-refractivity contribution in [3.05, 3.63) is 29.3 Å². The van der Waals surface area contributed by atoms with Gasteiger partial charge in [-0.2, -0.15) is 0 Å². The Morgan fingerprint density at radius 3 is 2.18 bits per heavy atom. The number of imide groups is 2. The molecule has 0 bridgehead atoms. The van der Waals surface area contributed by atoms with E-state index in [9.17, 15) is 24.0 Å². The molecule has 2 heterocycles. The lowest BCUT2D eigenvalue weighted by Crippen LogP contribution is -2.54. The Morgan fingerprint density at radius 1 is 0.921 bits per heavy atom. The first kappa shape index (κ1) is 29.2. The van der Waals surface area contributed by atoms with E-state index in [1.165, 1.54) is 6.07 Å². The van der Waals surface area contributed by atoms with Gasteiger partial charge in [0, 0.05) is 6.42 Å². The van der Waals surface area contributed by atoms with Crippen LogP contribution in [0.2, 0.25) is 0 Å². The van der Waals surface area contributed by atoms with Gasteiger partial charge in [0.2, 0.25) is 11.8 Å². The van der Waals surface area contributed by atoms with E-state index >= 15 is 0 Å². The molecular formula is C26H34N2O10. The van der Waals surface area contributed by atoms with Crippen molar-refractivity contribution in [1.82, 2.24) is 10.2 Å². The van der Waals surface area contributed by atoms with Gasteiger partial charge < -0.3 is 23.7 Å². The average Bonchev–Trinajstić information content (AvgIpc) is 3.09. The highest BCUT2D eigenvalue weighted by Gasteiger charge is 2.45. The smallest absolute Gasteiger partial charge is 0.308 e. The third kappa shape index (κ3) is 8.07. The maximum Gasteiger partial charge on any atom is 0.308 e. The molecule has 2 aliphatic rings. The van der Waals surface area contributed by atoms with Crippen LogP contribution in [0.1, 0.15) is 60.7 Å². The van der Waals surface area contributed by atoms with Crippen molar-refractivity contribution in [2.24, 2.45) is 0 Å². The molecule has 208 valence electrons. The van der Waals surface area contributed by atoms with Crippen molar-refractivity contribution in [3.8, 4) is 5.75 Å². The number of piperidine rings is 1. The van der Waals surface area contributed by atoms with Gasteiger partial charge in [-0.1, -0.05) is 6.07 Å². The molecule has 1 unspecified atom stereocenters. The molecule has 1 aromatic carbocycles. The molecule has 12 heteroatoms. The van der Waals surface area contributed by atoms with E-state index in [4.69, 9.17) is 23.7 Å². The molecule has 1 aromatic rings. The van der Waals surface area contributed by atoms with Crippen molar-refractivity contribution in [3.63, 3.8) is 0 Å². The van der Waals surface area contributed by atoms with E-state index in [1.54, 1.807) is 12.1 Å². The zero-order chi connectivity index (χ0) is 27.7. The van der Waals surface area contributed by atoms with Gasteiger partial charge >= 0.3 is 5.97 Å². The highest BCUT2D eigenvalue weighted by molar-refractivity contribution is 6.24. The largest absolute Gasteiger partial charge is 0.490 e. The Hall–Kier alpha value is -3.35. The van der Waals surface area contributed by atoms with Gasteiger partial charge in [0.15, 0.2) is 0 Å². The average molecular weight is 535 g/mol. The van der Waals surface area contributed by atoms with E-state index in [-0.39, 0.29) is 61.9 Å². The molecule has 0 saturated carbocycles. The number of esters is 1. The second-order valence-corrected chi connectivity index (χ2v) is 9.65. The number of nitrogens with one attached hydrogen (secondary N) is 1. The summed E-state index contributed by atoms with van der Waals surface area (Å²) in [6.45, 7) is 7.38. The van der Waals surface area contributed by atoms with Crippen LogP contribution in [-0.2, 0) is 33.3 Å². The van der Waals surface area contributed by atoms with Crippen LogP contribution in [-0.4, -0.2) is 92.4 Å². The summed E-state index contributed by atoms with van der Waals surface area (Å²) in [5.41, 5.74) is -0.265. The lowest BCUT2D eigenvalue weighted by Gasteiger charge is -2.27. The third-order valence-electron chi connectivity index (χ3n) is 5.53. The third-order valence-corrected chi connectivity index (χ3v) is 5.53. The highest BCUT2D eigenvalue weighted by Crippen LogP contribution is 2.33. The zero-order valence-electron chi connectivity index (χ0n) is 21.9. The van der Waals surface area contributed by atoms with E-state index in [0.717, 1.165) is 4.90 Å². The number of ether oxygens (including phenoxy) is 5. The predicted octanol–water partition coefficient (Wildman–Crippen LogP) is 1.25. The molecule has 0 aromatic heterocycles. The number of fused-ring (bicyclic) bond motifs is 1. The maximum atomic E-state index is 13.0. The summed E-state index contributed by atoms with van der Waals surface area (Å²) in [5.74, 6) is -2.40. The van der Waals surface area contributed by atoms with E-state index < -0.39 is 35.3 Å². The molecule has 1 saturated heterocycles. The fourth-order valence-corrected chi connectivity index (χ4v) is 3.90. The molecule has 0 radical (unpaired) electrons. The lowest BCUT2D eigenvalue weighted by molar-refractivity contribution is -0.156.